The van der Waals surface area contributed by atoms with E-state index in [9.17, 15) is 14.0 Å². The number of esters is 1. The van der Waals surface area contributed by atoms with Crippen molar-refractivity contribution >= 4 is 33.4 Å². The van der Waals surface area contributed by atoms with E-state index in [1.165, 1.54) is 31.4 Å². The van der Waals surface area contributed by atoms with Crippen LogP contribution in [-0.4, -0.2) is 42.6 Å². The Kier molecular flexibility index (Phi) is 8.99. The van der Waals surface area contributed by atoms with Gasteiger partial charge >= 0.3 is 5.97 Å². The molecule has 29 heavy (non-hydrogen) atoms. The fourth-order valence-corrected chi connectivity index (χ4v) is 2.86. The molecule has 2 rings (SSSR count). The number of aliphatic imine (C=N–C) groups is 1. The van der Waals surface area contributed by atoms with Crippen molar-refractivity contribution in [2.75, 3.05) is 19.0 Å². The van der Waals surface area contributed by atoms with Crippen LogP contribution in [0.1, 0.15) is 29.3 Å². The lowest BCUT2D eigenvalue weighted by Crippen LogP contribution is -2.24. The molecule has 0 bridgehead atoms. The monoisotopic (exact) mass is 463 g/mol. The van der Waals surface area contributed by atoms with Crippen LogP contribution in [0.2, 0.25) is 0 Å². The summed E-state index contributed by atoms with van der Waals surface area (Å²) in [6, 6.07) is 12.0. The maximum absolute atomic E-state index is 13.0. The highest BCUT2D eigenvalue weighted by Crippen LogP contribution is 2.16. The number of nitrogens with zero attached hydrogens (tertiary/aromatic N) is 1. The van der Waals surface area contributed by atoms with Gasteiger partial charge in [-0.25, -0.2) is 9.18 Å². The number of ketones is 1. The van der Waals surface area contributed by atoms with Gasteiger partial charge < -0.3 is 9.47 Å². The molecule has 0 fully saturated rings. The van der Waals surface area contributed by atoms with Crippen molar-refractivity contribution in [2.24, 2.45) is 4.99 Å². The zero-order valence-electron chi connectivity index (χ0n) is 16.4. The average Bonchev–Trinajstić information content (AvgIpc) is 2.72. The van der Waals surface area contributed by atoms with Gasteiger partial charge in [0.1, 0.15) is 11.6 Å². The van der Waals surface area contributed by atoms with Gasteiger partial charge in [-0.05, 0) is 48.9 Å². The molecular weight excluding hydrogens is 441 g/mol. The van der Waals surface area contributed by atoms with Gasteiger partial charge in [-0.3, -0.25) is 9.79 Å². The molecule has 0 saturated heterocycles. The maximum Gasteiger partial charge on any atom is 0.330 e. The molecule has 0 aliphatic heterocycles. The molecule has 0 aliphatic rings. The third-order valence-electron chi connectivity index (χ3n) is 4.13. The Morgan fingerprint density at radius 1 is 1.10 bits per heavy atom. The Bertz CT molecular complexity index is 850. The quantitative estimate of drug-likeness (QED) is 0.226. The highest BCUT2D eigenvalue weighted by atomic mass is 79.9. The van der Waals surface area contributed by atoms with Gasteiger partial charge in [0.05, 0.1) is 13.7 Å². The summed E-state index contributed by atoms with van der Waals surface area (Å²) in [5.74, 6) is -0.324. The molecule has 5 nitrogen and oxygen atoms in total. The number of alkyl halides is 1. The van der Waals surface area contributed by atoms with E-state index in [-0.39, 0.29) is 12.2 Å². The van der Waals surface area contributed by atoms with Crippen LogP contribution in [0.15, 0.2) is 53.5 Å². The SMILES string of the molecule is COC(=O)C(Cc1ccc(OCCBr)cc1)N=C(C)CC(=O)c1ccc(F)cc1. The predicted octanol–water partition coefficient (Wildman–Crippen LogP) is 4.42. The highest BCUT2D eigenvalue weighted by Gasteiger charge is 2.20. The predicted molar refractivity (Wildman–Crippen MR) is 114 cm³/mol. The van der Waals surface area contributed by atoms with E-state index in [0.717, 1.165) is 16.6 Å². The van der Waals surface area contributed by atoms with E-state index in [1.54, 1.807) is 6.92 Å². The number of hydrogen-bond acceptors (Lipinski definition) is 5. The number of carbonyl (C=O) groups is 2. The normalized spacial score (nSPS) is 12.3. The van der Waals surface area contributed by atoms with E-state index in [2.05, 4.69) is 20.9 Å². The second kappa shape index (κ2) is 11.5. The van der Waals surface area contributed by atoms with Crippen molar-refractivity contribution in [3.05, 3.63) is 65.5 Å². The number of Topliss-reactive ketones (excluding diaryl/α,β-unsaturated/α-hetero) is 1. The lowest BCUT2D eigenvalue weighted by molar-refractivity contribution is -0.142. The van der Waals surface area contributed by atoms with Crippen LogP contribution in [0.4, 0.5) is 4.39 Å². The number of ether oxygens (including phenoxy) is 2. The van der Waals surface area contributed by atoms with Crippen LogP contribution in [0.5, 0.6) is 5.75 Å². The van der Waals surface area contributed by atoms with Gasteiger partial charge in [-0.1, -0.05) is 28.1 Å². The van der Waals surface area contributed by atoms with Gasteiger partial charge in [-0.15, -0.1) is 0 Å². The zero-order chi connectivity index (χ0) is 21.2. The summed E-state index contributed by atoms with van der Waals surface area (Å²) in [5, 5.41) is 0.740. The number of rotatable bonds is 10. The van der Waals surface area contributed by atoms with Crippen LogP contribution in [0.25, 0.3) is 0 Å². The molecule has 7 heteroatoms. The first-order chi connectivity index (χ1) is 13.9. The largest absolute Gasteiger partial charge is 0.493 e. The smallest absolute Gasteiger partial charge is 0.330 e. The van der Waals surface area contributed by atoms with Gasteiger partial charge in [0.2, 0.25) is 0 Å². The molecule has 0 radical (unpaired) electrons. The summed E-state index contributed by atoms with van der Waals surface area (Å²) in [4.78, 5) is 28.9. The van der Waals surface area contributed by atoms with Crippen molar-refractivity contribution < 1.29 is 23.5 Å². The molecule has 0 heterocycles. The zero-order valence-corrected chi connectivity index (χ0v) is 17.9. The number of halogens is 2. The fourth-order valence-electron chi connectivity index (χ4n) is 2.70. The number of hydrogen-bond donors (Lipinski definition) is 0. The Morgan fingerprint density at radius 2 is 1.76 bits per heavy atom. The average molecular weight is 464 g/mol. The molecule has 0 N–H and O–H groups in total. The molecule has 0 aliphatic carbocycles. The molecule has 2 aromatic rings. The molecule has 2 aromatic carbocycles. The second-order valence-electron chi connectivity index (χ2n) is 6.40. The Morgan fingerprint density at radius 3 is 2.34 bits per heavy atom. The molecule has 0 aromatic heterocycles. The molecule has 0 spiro atoms. The van der Waals surface area contributed by atoms with Crippen molar-refractivity contribution in [3.63, 3.8) is 0 Å². The van der Waals surface area contributed by atoms with Crippen molar-refractivity contribution in [3.8, 4) is 5.75 Å². The summed E-state index contributed by atoms with van der Waals surface area (Å²) in [6.45, 7) is 2.25. The lowest BCUT2D eigenvalue weighted by atomic mass is 10.0. The summed E-state index contributed by atoms with van der Waals surface area (Å²) in [5.41, 5.74) is 1.80. The van der Waals surface area contributed by atoms with E-state index in [1.807, 2.05) is 24.3 Å². The summed E-state index contributed by atoms with van der Waals surface area (Å²) < 4.78 is 23.4. The first-order valence-corrected chi connectivity index (χ1v) is 10.2. The van der Waals surface area contributed by atoms with Crippen LogP contribution in [-0.2, 0) is 16.0 Å². The molecule has 0 saturated carbocycles. The Labute approximate surface area is 178 Å². The van der Waals surface area contributed by atoms with Crippen molar-refractivity contribution in [1.29, 1.82) is 0 Å². The topological polar surface area (TPSA) is 65.0 Å². The third kappa shape index (κ3) is 7.42. The van der Waals surface area contributed by atoms with Crippen LogP contribution < -0.4 is 4.74 Å². The Balaban J connectivity index is 2.07. The lowest BCUT2D eigenvalue weighted by Gasteiger charge is -2.13. The van der Waals surface area contributed by atoms with Gasteiger partial charge in [-0.2, -0.15) is 0 Å². The standard InChI is InChI=1S/C22H23BrFNO4/c1-15(13-21(26)17-5-7-18(24)8-6-17)25-20(22(27)28-2)14-16-3-9-19(10-4-16)29-12-11-23/h3-10,20H,11-14H2,1-2H3. The van der Waals surface area contributed by atoms with Crippen LogP contribution in [0, 0.1) is 5.82 Å². The molecule has 0 amide bonds. The minimum absolute atomic E-state index is 0.0401. The first kappa shape index (κ1) is 22.7. The summed E-state index contributed by atoms with van der Waals surface area (Å²) >= 11 is 3.30. The second-order valence-corrected chi connectivity index (χ2v) is 7.19. The first-order valence-electron chi connectivity index (χ1n) is 9.10. The molecule has 1 unspecified atom stereocenters. The minimum atomic E-state index is -0.754. The van der Waals surface area contributed by atoms with E-state index >= 15 is 0 Å². The van der Waals surface area contributed by atoms with Gasteiger partial charge in [0.25, 0.3) is 0 Å². The molecule has 154 valence electrons. The number of carbonyl (C=O) groups excluding carboxylic acids is 2. The van der Waals surface area contributed by atoms with Crippen molar-refractivity contribution in [1.82, 2.24) is 0 Å². The minimum Gasteiger partial charge on any atom is -0.493 e. The van der Waals surface area contributed by atoms with Gasteiger partial charge in [0, 0.05) is 29.4 Å². The highest BCUT2D eigenvalue weighted by molar-refractivity contribution is 9.09. The molecular formula is C22H23BrFNO4. The summed E-state index contributed by atoms with van der Waals surface area (Å²) in [7, 11) is 1.31. The molecule has 1 atom stereocenters. The number of benzene rings is 2. The summed E-state index contributed by atoms with van der Waals surface area (Å²) in [6.07, 6.45) is 0.381. The maximum atomic E-state index is 13.0. The third-order valence-corrected chi connectivity index (χ3v) is 4.45. The Hall–Kier alpha value is -2.54. The van der Waals surface area contributed by atoms with E-state index in [4.69, 9.17) is 9.47 Å². The van der Waals surface area contributed by atoms with E-state index < -0.39 is 17.8 Å². The van der Waals surface area contributed by atoms with Gasteiger partial charge in [0.15, 0.2) is 11.8 Å². The van der Waals surface area contributed by atoms with Crippen molar-refractivity contribution in [2.45, 2.75) is 25.8 Å². The van der Waals surface area contributed by atoms with Crippen LogP contribution >= 0.6 is 15.9 Å². The fraction of sp³-hybridized carbons (Fsp3) is 0.318. The van der Waals surface area contributed by atoms with Crippen LogP contribution in [0.3, 0.4) is 0 Å². The number of methoxy groups -OCH3 is 1. The van der Waals surface area contributed by atoms with E-state index in [0.29, 0.717) is 24.3 Å².